The average molecular weight is 173 g/mol. The molecule has 70 valence electrons. The first-order chi connectivity index (χ1) is 5.55. The van der Waals surface area contributed by atoms with Crippen molar-refractivity contribution >= 4 is 5.96 Å². The van der Waals surface area contributed by atoms with E-state index in [0.717, 1.165) is 0 Å². The lowest BCUT2D eigenvalue weighted by atomic mass is 10.1. The van der Waals surface area contributed by atoms with Gasteiger partial charge in [-0.05, 0) is 13.8 Å². The molecular formula is C7H15N3O2. The van der Waals surface area contributed by atoms with Crippen LogP contribution in [-0.2, 0) is 4.74 Å². The lowest BCUT2D eigenvalue weighted by Crippen LogP contribution is -2.52. The van der Waals surface area contributed by atoms with E-state index < -0.39 is 0 Å². The zero-order valence-electron chi connectivity index (χ0n) is 7.45. The van der Waals surface area contributed by atoms with E-state index in [-0.39, 0.29) is 11.6 Å². The van der Waals surface area contributed by atoms with Gasteiger partial charge in [0.05, 0.1) is 12.2 Å². The van der Waals surface area contributed by atoms with Crippen molar-refractivity contribution in [3.05, 3.63) is 0 Å². The minimum Gasteiger partial charge on any atom is -0.408 e. The van der Waals surface area contributed by atoms with Gasteiger partial charge >= 0.3 is 0 Å². The van der Waals surface area contributed by atoms with Gasteiger partial charge in [0.2, 0.25) is 5.96 Å². The third-order valence-corrected chi connectivity index (χ3v) is 1.85. The summed E-state index contributed by atoms with van der Waals surface area (Å²) < 4.78 is 5.46. The van der Waals surface area contributed by atoms with Crippen molar-refractivity contribution in [2.24, 2.45) is 10.9 Å². The van der Waals surface area contributed by atoms with Gasteiger partial charge in [0.15, 0.2) is 0 Å². The Morgan fingerprint density at radius 3 is 2.83 bits per heavy atom. The Kier molecular flexibility index (Phi) is 2.42. The molecular weight excluding hydrogens is 158 g/mol. The zero-order chi connectivity index (χ0) is 9.19. The molecule has 5 heteroatoms. The molecule has 0 aromatic heterocycles. The van der Waals surface area contributed by atoms with E-state index in [1.807, 2.05) is 13.8 Å². The number of oxime groups is 1. The van der Waals surface area contributed by atoms with Crippen molar-refractivity contribution in [3.63, 3.8) is 0 Å². The fraction of sp³-hybridized carbons (Fsp3) is 0.857. The van der Waals surface area contributed by atoms with Crippen molar-refractivity contribution in [3.8, 4) is 0 Å². The second kappa shape index (κ2) is 3.18. The maximum absolute atomic E-state index is 8.44. The molecule has 1 heterocycles. The van der Waals surface area contributed by atoms with Gasteiger partial charge in [-0.1, -0.05) is 5.16 Å². The molecule has 0 bridgehead atoms. The maximum atomic E-state index is 8.44. The highest BCUT2D eigenvalue weighted by Gasteiger charge is 2.28. The highest BCUT2D eigenvalue weighted by atomic mass is 16.5. The number of hydrogen-bond donors (Lipinski definition) is 2. The largest absolute Gasteiger partial charge is 0.408 e. The second-order valence-electron chi connectivity index (χ2n) is 3.49. The molecule has 1 saturated heterocycles. The first-order valence-electron chi connectivity index (χ1n) is 3.91. The lowest BCUT2D eigenvalue weighted by Gasteiger charge is -2.38. The molecule has 0 aliphatic carbocycles. The van der Waals surface area contributed by atoms with Crippen LogP contribution < -0.4 is 5.73 Å². The number of morpholine rings is 1. The molecule has 0 unspecified atom stereocenters. The summed E-state index contributed by atoms with van der Waals surface area (Å²) >= 11 is 0. The van der Waals surface area contributed by atoms with Gasteiger partial charge in [-0.15, -0.1) is 0 Å². The summed E-state index contributed by atoms with van der Waals surface area (Å²) in [4.78, 5) is 1.80. The van der Waals surface area contributed by atoms with Gasteiger partial charge in [-0.2, -0.15) is 0 Å². The number of rotatable bonds is 0. The summed E-state index contributed by atoms with van der Waals surface area (Å²) in [6.45, 7) is 5.90. The Balaban J connectivity index is 2.58. The Morgan fingerprint density at radius 2 is 2.33 bits per heavy atom. The van der Waals surface area contributed by atoms with E-state index in [2.05, 4.69) is 5.16 Å². The lowest BCUT2D eigenvalue weighted by molar-refractivity contribution is -0.0685. The Hall–Kier alpha value is -0.970. The standard InChI is InChI=1S/C7H15N3O2/c1-7(2)5-10(3-4-12-7)6(8)9-11/h11H,3-5H2,1-2H3,(H2,8,9). The van der Waals surface area contributed by atoms with E-state index in [0.29, 0.717) is 19.7 Å². The number of nitrogens with two attached hydrogens (primary N) is 1. The molecule has 1 aliphatic heterocycles. The van der Waals surface area contributed by atoms with Crippen LogP contribution in [0.2, 0.25) is 0 Å². The van der Waals surface area contributed by atoms with Crippen molar-refractivity contribution in [1.82, 2.24) is 4.90 Å². The first kappa shape index (κ1) is 9.12. The fourth-order valence-electron chi connectivity index (χ4n) is 1.28. The summed E-state index contributed by atoms with van der Waals surface area (Å²) in [5, 5.41) is 11.4. The molecule has 0 saturated carbocycles. The highest BCUT2D eigenvalue weighted by Crippen LogP contribution is 2.15. The van der Waals surface area contributed by atoms with Gasteiger partial charge in [-0.25, -0.2) is 0 Å². The van der Waals surface area contributed by atoms with Gasteiger partial charge < -0.3 is 20.6 Å². The van der Waals surface area contributed by atoms with Gasteiger partial charge in [0.25, 0.3) is 0 Å². The molecule has 0 spiro atoms. The highest BCUT2D eigenvalue weighted by molar-refractivity contribution is 5.77. The van der Waals surface area contributed by atoms with Crippen molar-refractivity contribution in [2.75, 3.05) is 19.7 Å². The number of guanidine groups is 1. The van der Waals surface area contributed by atoms with E-state index >= 15 is 0 Å². The van der Waals surface area contributed by atoms with Crippen LogP contribution in [-0.4, -0.2) is 41.4 Å². The predicted molar refractivity (Wildman–Crippen MR) is 45.0 cm³/mol. The maximum Gasteiger partial charge on any atom is 0.233 e. The molecule has 0 amide bonds. The zero-order valence-corrected chi connectivity index (χ0v) is 7.45. The van der Waals surface area contributed by atoms with Crippen LogP contribution in [0.5, 0.6) is 0 Å². The van der Waals surface area contributed by atoms with E-state index in [1.165, 1.54) is 0 Å². The molecule has 0 aromatic carbocycles. The van der Waals surface area contributed by atoms with Crippen LogP contribution in [0.15, 0.2) is 5.16 Å². The summed E-state index contributed by atoms with van der Waals surface area (Å²) in [6, 6.07) is 0. The number of hydrogen-bond acceptors (Lipinski definition) is 3. The Morgan fingerprint density at radius 1 is 1.67 bits per heavy atom. The van der Waals surface area contributed by atoms with Crippen LogP contribution in [0.25, 0.3) is 0 Å². The molecule has 1 fully saturated rings. The predicted octanol–water partition coefficient (Wildman–Crippen LogP) is -0.199. The third-order valence-electron chi connectivity index (χ3n) is 1.85. The van der Waals surface area contributed by atoms with Crippen molar-refractivity contribution in [2.45, 2.75) is 19.4 Å². The molecule has 12 heavy (non-hydrogen) atoms. The summed E-state index contributed by atoms with van der Waals surface area (Å²) in [5.41, 5.74) is 5.22. The Labute approximate surface area is 71.8 Å². The van der Waals surface area contributed by atoms with Gasteiger partial charge in [0.1, 0.15) is 0 Å². The van der Waals surface area contributed by atoms with E-state index in [1.54, 1.807) is 4.90 Å². The molecule has 0 atom stereocenters. The topological polar surface area (TPSA) is 71.1 Å². The minimum atomic E-state index is -0.215. The van der Waals surface area contributed by atoms with Crippen molar-refractivity contribution in [1.29, 1.82) is 0 Å². The fourth-order valence-corrected chi connectivity index (χ4v) is 1.28. The number of nitrogens with zero attached hydrogens (tertiary/aromatic N) is 2. The summed E-state index contributed by atoms with van der Waals surface area (Å²) in [5.74, 6) is 0.159. The smallest absolute Gasteiger partial charge is 0.233 e. The molecule has 3 N–H and O–H groups in total. The van der Waals surface area contributed by atoms with Crippen LogP contribution >= 0.6 is 0 Å². The van der Waals surface area contributed by atoms with Gasteiger partial charge in [0, 0.05) is 13.1 Å². The summed E-state index contributed by atoms with van der Waals surface area (Å²) in [7, 11) is 0. The second-order valence-corrected chi connectivity index (χ2v) is 3.49. The SMILES string of the molecule is CC1(C)CN(/C(N)=N/O)CCO1. The normalized spacial score (nSPS) is 24.2. The minimum absolute atomic E-state index is 0.159. The Bertz CT molecular complexity index is 191. The number of ether oxygens (including phenoxy) is 1. The molecule has 5 nitrogen and oxygen atoms in total. The van der Waals surface area contributed by atoms with E-state index in [9.17, 15) is 0 Å². The summed E-state index contributed by atoms with van der Waals surface area (Å²) in [6.07, 6.45) is 0. The molecule has 1 rings (SSSR count). The third kappa shape index (κ3) is 2.01. The van der Waals surface area contributed by atoms with Crippen LogP contribution in [0, 0.1) is 0 Å². The van der Waals surface area contributed by atoms with Crippen molar-refractivity contribution < 1.29 is 9.94 Å². The molecule has 0 radical (unpaired) electrons. The van der Waals surface area contributed by atoms with E-state index in [4.69, 9.17) is 15.7 Å². The quantitative estimate of drug-likeness (QED) is 0.230. The van der Waals surface area contributed by atoms with Crippen LogP contribution in [0.3, 0.4) is 0 Å². The molecule has 0 aromatic rings. The molecule has 1 aliphatic rings. The van der Waals surface area contributed by atoms with Crippen LogP contribution in [0.4, 0.5) is 0 Å². The monoisotopic (exact) mass is 173 g/mol. The first-order valence-corrected chi connectivity index (χ1v) is 3.91. The van der Waals surface area contributed by atoms with Crippen LogP contribution in [0.1, 0.15) is 13.8 Å². The average Bonchev–Trinajstić information content (AvgIpc) is 2.01. The van der Waals surface area contributed by atoms with Gasteiger partial charge in [-0.3, -0.25) is 0 Å².